The van der Waals surface area contributed by atoms with Crippen LogP contribution in [0.5, 0.6) is 0 Å². The Morgan fingerprint density at radius 1 is 1.45 bits per heavy atom. The summed E-state index contributed by atoms with van der Waals surface area (Å²) in [5.41, 5.74) is 0. The summed E-state index contributed by atoms with van der Waals surface area (Å²) < 4.78 is 10.1. The molecule has 0 unspecified atom stereocenters. The first-order chi connectivity index (χ1) is 5.34. The first-order valence-corrected chi connectivity index (χ1v) is 3.74. The molecule has 62 valence electrons. The predicted molar refractivity (Wildman–Crippen MR) is 40.1 cm³/mol. The Hall–Kier alpha value is -0.670. The minimum Gasteiger partial charge on any atom is -0.346 e. The van der Waals surface area contributed by atoms with Gasteiger partial charge in [0.25, 0.3) is 0 Å². The molecule has 0 atom stereocenters. The van der Waals surface area contributed by atoms with E-state index in [9.17, 15) is 4.79 Å². The highest BCUT2D eigenvalue weighted by molar-refractivity contribution is 5.92. The fourth-order valence-electron chi connectivity index (χ4n) is 0.895. The van der Waals surface area contributed by atoms with Crippen molar-refractivity contribution in [1.29, 1.82) is 0 Å². The molecule has 0 aromatic rings. The molecule has 1 rings (SSSR count). The lowest BCUT2D eigenvalue weighted by Gasteiger charge is -2.20. The van der Waals surface area contributed by atoms with Gasteiger partial charge in [-0.3, -0.25) is 4.79 Å². The summed E-state index contributed by atoms with van der Waals surface area (Å²) in [5.74, 6) is -0.104. The largest absolute Gasteiger partial charge is 0.346 e. The maximum atomic E-state index is 11.1. The van der Waals surface area contributed by atoms with Crippen LogP contribution in [0.1, 0.15) is 13.3 Å². The SMILES string of the molecule is C/C=C/C(=O)C1OCCCO1. The molecule has 1 aliphatic rings. The molecule has 0 aliphatic carbocycles. The molecule has 11 heavy (non-hydrogen) atoms. The Kier molecular flexibility index (Phi) is 3.26. The zero-order chi connectivity index (χ0) is 8.10. The molecule has 0 N–H and O–H groups in total. The van der Waals surface area contributed by atoms with Crippen LogP contribution >= 0.6 is 0 Å². The third kappa shape index (κ3) is 2.44. The molecule has 0 spiro atoms. The fourth-order valence-corrected chi connectivity index (χ4v) is 0.895. The normalized spacial score (nSPS) is 20.8. The number of carbonyl (C=O) groups is 1. The smallest absolute Gasteiger partial charge is 0.221 e. The molecule has 1 heterocycles. The maximum Gasteiger partial charge on any atom is 0.221 e. The maximum absolute atomic E-state index is 11.1. The minimum absolute atomic E-state index is 0.104. The number of ether oxygens (including phenoxy) is 2. The van der Waals surface area contributed by atoms with Crippen LogP contribution < -0.4 is 0 Å². The van der Waals surface area contributed by atoms with E-state index < -0.39 is 6.29 Å². The molecular weight excluding hydrogens is 144 g/mol. The van der Waals surface area contributed by atoms with Crippen LogP contribution in [-0.2, 0) is 14.3 Å². The van der Waals surface area contributed by atoms with Gasteiger partial charge in [0.15, 0.2) is 0 Å². The van der Waals surface area contributed by atoms with Gasteiger partial charge >= 0.3 is 0 Å². The Morgan fingerprint density at radius 2 is 2.09 bits per heavy atom. The van der Waals surface area contributed by atoms with Gasteiger partial charge in [0.1, 0.15) is 0 Å². The van der Waals surface area contributed by atoms with Crippen molar-refractivity contribution < 1.29 is 14.3 Å². The van der Waals surface area contributed by atoms with Crippen LogP contribution in [-0.4, -0.2) is 25.3 Å². The Morgan fingerprint density at radius 3 is 2.64 bits per heavy atom. The molecule has 0 aromatic heterocycles. The summed E-state index contributed by atoms with van der Waals surface area (Å²) >= 11 is 0. The topological polar surface area (TPSA) is 35.5 Å². The minimum atomic E-state index is -0.653. The highest BCUT2D eigenvalue weighted by atomic mass is 16.7. The predicted octanol–water partition coefficient (Wildman–Crippen LogP) is 0.895. The zero-order valence-electron chi connectivity index (χ0n) is 6.58. The number of hydrogen-bond donors (Lipinski definition) is 0. The van der Waals surface area contributed by atoms with Crippen molar-refractivity contribution >= 4 is 5.78 Å². The van der Waals surface area contributed by atoms with Gasteiger partial charge < -0.3 is 9.47 Å². The first kappa shape index (κ1) is 8.43. The van der Waals surface area contributed by atoms with Crippen molar-refractivity contribution in [3.8, 4) is 0 Å². The van der Waals surface area contributed by atoms with E-state index in [2.05, 4.69) is 0 Å². The second-order valence-electron chi connectivity index (χ2n) is 2.33. The van der Waals surface area contributed by atoms with Crippen LogP contribution in [0.4, 0.5) is 0 Å². The van der Waals surface area contributed by atoms with Crippen molar-refractivity contribution in [3.63, 3.8) is 0 Å². The Bertz CT molecular complexity index is 157. The van der Waals surface area contributed by atoms with E-state index in [1.165, 1.54) is 6.08 Å². The standard InChI is InChI=1S/C8H12O3/c1-2-4-7(9)8-10-5-3-6-11-8/h2,4,8H,3,5-6H2,1H3/b4-2+. The van der Waals surface area contributed by atoms with Gasteiger partial charge in [-0.05, 0) is 19.4 Å². The highest BCUT2D eigenvalue weighted by Crippen LogP contribution is 2.05. The first-order valence-electron chi connectivity index (χ1n) is 3.74. The number of ketones is 1. The molecule has 0 saturated carbocycles. The number of allylic oxidation sites excluding steroid dienone is 1. The Balaban J connectivity index is 2.38. The number of hydrogen-bond acceptors (Lipinski definition) is 3. The van der Waals surface area contributed by atoms with E-state index in [-0.39, 0.29) is 5.78 Å². The summed E-state index contributed by atoms with van der Waals surface area (Å²) in [5, 5.41) is 0. The van der Waals surface area contributed by atoms with E-state index >= 15 is 0 Å². The number of carbonyl (C=O) groups excluding carboxylic acids is 1. The summed E-state index contributed by atoms with van der Waals surface area (Å²) in [6, 6.07) is 0. The fraction of sp³-hybridized carbons (Fsp3) is 0.625. The van der Waals surface area contributed by atoms with Crippen molar-refractivity contribution in [1.82, 2.24) is 0 Å². The van der Waals surface area contributed by atoms with Gasteiger partial charge in [0, 0.05) is 0 Å². The van der Waals surface area contributed by atoms with Gasteiger partial charge in [-0.2, -0.15) is 0 Å². The van der Waals surface area contributed by atoms with Gasteiger partial charge in [0.05, 0.1) is 13.2 Å². The van der Waals surface area contributed by atoms with Crippen LogP contribution in [0.3, 0.4) is 0 Å². The monoisotopic (exact) mass is 156 g/mol. The molecule has 3 nitrogen and oxygen atoms in total. The van der Waals surface area contributed by atoms with Crippen LogP contribution in [0.25, 0.3) is 0 Å². The molecule has 3 heteroatoms. The molecule has 1 saturated heterocycles. The second kappa shape index (κ2) is 4.26. The van der Waals surface area contributed by atoms with Gasteiger partial charge in [-0.25, -0.2) is 0 Å². The van der Waals surface area contributed by atoms with Gasteiger partial charge in [-0.15, -0.1) is 0 Å². The van der Waals surface area contributed by atoms with E-state index in [1.54, 1.807) is 13.0 Å². The van der Waals surface area contributed by atoms with E-state index in [0.717, 1.165) is 6.42 Å². The summed E-state index contributed by atoms with van der Waals surface area (Å²) in [6.45, 7) is 3.03. The summed E-state index contributed by atoms with van der Waals surface area (Å²) in [7, 11) is 0. The lowest BCUT2D eigenvalue weighted by molar-refractivity contribution is -0.184. The summed E-state index contributed by atoms with van der Waals surface area (Å²) in [4.78, 5) is 11.1. The van der Waals surface area contributed by atoms with E-state index in [1.807, 2.05) is 0 Å². The summed E-state index contributed by atoms with van der Waals surface area (Å²) in [6.07, 6.45) is 3.37. The van der Waals surface area contributed by atoms with Crippen molar-refractivity contribution in [2.75, 3.05) is 13.2 Å². The molecule has 1 fully saturated rings. The lowest BCUT2D eigenvalue weighted by atomic mass is 10.3. The third-order valence-electron chi connectivity index (χ3n) is 1.39. The Labute approximate surface area is 66.0 Å². The van der Waals surface area contributed by atoms with Gasteiger partial charge in [0.2, 0.25) is 12.1 Å². The molecule has 1 aliphatic heterocycles. The molecular formula is C8H12O3. The zero-order valence-corrected chi connectivity index (χ0v) is 6.58. The van der Waals surface area contributed by atoms with Gasteiger partial charge in [-0.1, -0.05) is 6.08 Å². The van der Waals surface area contributed by atoms with Crippen LogP contribution in [0.15, 0.2) is 12.2 Å². The van der Waals surface area contributed by atoms with Crippen molar-refractivity contribution in [2.24, 2.45) is 0 Å². The lowest BCUT2D eigenvalue weighted by Crippen LogP contribution is -2.31. The molecule has 0 aromatic carbocycles. The van der Waals surface area contributed by atoms with Crippen molar-refractivity contribution in [2.45, 2.75) is 19.6 Å². The molecule has 0 radical (unpaired) electrons. The quantitative estimate of drug-likeness (QED) is 0.557. The van der Waals surface area contributed by atoms with Crippen LogP contribution in [0.2, 0.25) is 0 Å². The third-order valence-corrected chi connectivity index (χ3v) is 1.39. The van der Waals surface area contributed by atoms with E-state index in [0.29, 0.717) is 13.2 Å². The molecule has 0 bridgehead atoms. The van der Waals surface area contributed by atoms with Crippen LogP contribution in [0, 0.1) is 0 Å². The van der Waals surface area contributed by atoms with Crippen molar-refractivity contribution in [3.05, 3.63) is 12.2 Å². The highest BCUT2D eigenvalue weighted by Gasteiger charge is 2.19. The number of rotatable bonds is 2. The average Bonchev–Trinajstić information content (AvgIpc) is 2.07. The second-order valence-corrected chi connectivity index (χ2v) is 2.33. The average molecular weight is 156 g/mol. The molecule has 0 amide bonds. The van der Waals surface area contributed by atoms with E-state index in [4.69, 9.17) is 9.47 Å².